The van der Waals surface area contributed by atoms with E-state index >= 15 is 0 Å². The minimum absolute atomic E-state index is 0.205. The molecule has 0 aliphatic carbocycles. The van der Waals surface area contributed by atoms with E-state index < -0.39 is 0 Å². The topological polar surface area (TPSA) is 52.9 Å². The first-order valence-corrected chi connectivity index (χ1v) is 9.99. The first-order chi connectivity index (χ1) is 13.1. The van der Waals surface area contributed by atoms with Crippen LogP contribution in [0.25, 0.3) is 11.0 Å². The van der Waals surface area contributed by atoms with Crippen molar-refractivity contribution >= 4 is 51.3 Å². The number of aromatic nitrogens is 2. The molecule has 1 aliphatic heterocycles. The van der Waals surface area contributed by atoms with Gasteiger partial charge in [-0.25, -0.2) is 4.98 Å². The minimum atomic E-state index is -0.205. The van der Waals surface area contributed by atoms with E-state index in [1.54, 1.807) is 6.08 Å². The van der Waals surface area contributed by atoms with Gasteiger partial charge in [0.15, 0.2) is 10.1 Å². The molecule has 1 amide bonds. The second-order valence-electron chi connectivity index (χ2n) is 6.50. The van der Waals surface area contributed by atoms with Crippen LogP contribution in [0.4, 0.5) is 11.4 Å². The number of nitrogens with one attached hydrogen (secondary N) is 1. The Balaban J connectivity index is 1.39. The molecule has 1 N–H and O–H groups in total. The zero-order chi connectivity index (χ0) is 18.8. The molecule has 140 valence electrons. The van der Waals surface area contributed by atoms with Gasteiger partial charge in [-0.2, -0.15) is 0 Å². The summed E-state index contributed by atoms with van der Waals surface area (Å²) >= 11 is 7.64. The van der Waals surface area contributed by atoms with E-state index in [-0.39, 0.29) is 5.91 Å². The Kier molecular flexibility index (Phi) is 5.15. The van der Waals surface area contributed by atoms with E-state index in [1.165, 1.54) is 23.1 Å². The number of hydrogen-bond donors (Lipinski definition) is 1. The van der Waals surface area contributed by atoms with Crippen LogP contribution in [-0.2, 0) is 4.79 Å². The van der Waals surface area contributed by atoms with Gasteiger partial charge in [0.25, 0.3) is 0 Å². The number of amides is 1. The molecule has 0 radical (unpaired) electrons. The monoisotopic (exact) mass is 401 g/mol. The fraction of sp³-hybridized carbons (Fsp3) is 0.263. The first-order valence-electron chi connectivity index (χ1n) is 8.74. The average molecular weight is 402 g/mol. The van der Waals surface area contributed by atoms with E-state index in [1.807, 2.05) is 40.2 Å². The number of halogens is 1. The molecule has 0 saturated carbocycles. The molecule has 1 aliphatic rings. The summed E-state index contributed by atoms with van der Waals surface area (Å²) in [6, 6.07) is 7.96. The number of carbonyl (C=O) groups excluding carboxylic acids is 1. The molecular formula is C19H20ClN5OS. The minimum Gasteiger partial charge on any atom is -0.369 e. The Bertz CT molecular complexity index is 970. The SMILES string of the molecule is CN1CCN(c2ccc(NC(=O)/C=C/c3c(Cl)nc4sccn34)cc2)CC1. The summed E-state index contributed by atoms with van der Waals surface area (Å²) in [7, 11) is 2.14. The van der Waals surface area contributed by atoms with Crippen LogP contribution in [-0.4, -0.2) is 53.4 Å². The van der Waals surface area contributed by atoms with Gasteiger partial charge in [-0.05, 0) is 37.4 Å². The van der Waals surface area contributed by atoms with Crippen molar-refractivity contribution in [3.8, 4) is 0 Å². The van der Waals surface area contributed by atoms with Crippen molar-refractivity contribution in [2.75, 3.05) is 43.4 Å². The molecule has 1 fully saturated rings. The Morgan fingerprint density at radius 3 is 2.70 bits per heavy atom. The average Bonchev–Trinajstić information content (AvgIpc) is 3.22. The molecule has 0 unspecified atom stereocenters. The van der Waals surface area contributed by atoms with Gasteiger partial charge in [0.1, 0.15) is 0 Å². The van der Waals surface area contributed by atoms with Crippen molar-refractivity contribution in [1.82, 2.24) is 14.3 Å². The molecular weight excluding hydrogens is 382 g/mol. The lowest BCUT2D eigenvalue weighted by Crippen LogP contribution is -2.44. The summed E-state index contributed by atoms with van der Waals surface area (Å²) < 4.78 is 1.86. The molecule has 0 atom stereocenters. The van der Waals surface area contributed by atoms with Crippen molar-refractivity contribution < 1.29 is 4.79 Å². The van der Waals surface area contributed by atoms with E-state index in [0.717, 1.165) is 36.8 Å². The number of carbonyl (C=O) groups is 1. The third-order valence-electron chi connectivity index (χ3n) is 4.65. The Labute approximate surface area is 166 Å². The van der Waals surface area contributed by atoms with E-state index in [9.17, 15) is 4.79 Å². The zero-order valence-electron chi connectivity index (χ0n) is 14.9. The lowest BCUT2D eigenvalue weighted by atomic mass is 10.2. The van der Waals surface area contributed by atoms with Crippen molar-refractivity contribution in [2.24, 2.45) is 0 Å². The second-order valence-corrected chi connectivity index (χ2v) is 7.73. The van der Waals surface area contributed by atoms with Crippen LogP contribution in [0.2, 0.25) is 5.15 Å². The Morgan fingerprint density at radius 2 is 1.96 bits per heavy atom. The van der Waals surface area contributed by atoms with Gasteiger partial charge in [0, 0.05) is 55.2 Å². The Hall–Kier alpha value is -2.35. The number of piperazine rings is 1. The van der Waals surface area contributed by atoms with Crippen molar-refractivity contribution in [3.63, 3.8) is 0 Å². The van der Waals surface area contributed by atoms with Crippen LogP contribution in [0.3, 0.4) is 0 Å². The fourth-order valence-corrected chi connectivity index (χ4v) is 4.09. The number of rotatable bonds is 4. The second kappa shape index (κ2) is 7.72. The molecule has 1 aromatic carbocycles. The smallest absolute Gasteiger partial charge is 0.248 e. The maximum atomic E-state index is 12.2. The first kappa shape index (κ1) is 18.0. The van der Waals surface area contributed by atoms with E-state index in [2.05, 4.69) is 27.1 Å². The molecule has 0 spiro atoms. The molecule has 0 bridgehead atoms. The number of fused-ring (bicyclic) bond motifs is 1. The number of imidazole rings is 1. The van der Waals surface area contributed by atoms with Crippen molar-refractivity contribution in [3.05, 3.63) is 52.8 Å². The van der Waals surface area contributed by atoms with Gasteiger partial charge >= 0.3 is 0 Å². The molecule has 1 saturated heterocycles. The highest BCUT2D eigenvalue weighted by molar-refractivity contribution is 7.15. The molecule has 27 heavy (non-hydrogen) atoms. The summed E-state index contributed by atoms with van der Waals surface area (Å²) in [5.41, 5.74) is 2.65. The summed E-state index contributed by atoms with van der Waals surface area (Å²) in [6.07, 6.45) is 5.04. The summed E-state index contributed by atoms with van der Waals surface area (Å²) in [6.45, 7) is 4.18. The third kappa shape index (κ3) is 4.00. The fourth-order valence-electron chi connectivity index (χ4n) is 3.08. The maximum absolute atomic E-state index is 12.2. The standard InChI is InChI=1S/C19H20ClN5OS/c1-23-8-10-24(11-9-23)15-4-2-14(3-5-15)21-17(26)7-6-16-18(20)22-19-25(16)12-13-27-19/h2-7,12-13H,8-11H2,1H3,(H,21,26)/b7-6+. The predicted molar refractivity (Wildman–Crippen MR) is 112 cm³/mol. The molecule has 6 nitrogen and oxygen atoms in total. The highest BCUT2D eigenvalue weighted by Gasteiger charge is 2.14. The molecule has 3 heterocycles. The van der Waals surface area contributed by atoms with Crippen LogP contribution < -0.4 is 10.2 Å². The zero-order valence-corrected chi connectivity index (χ0v) is 16.5. The summed E-state index contributed by atoms with van der Waals surface area (Å²) in [5.74, 6) is -0.205. The van der Waals surface area contributed by atoms with Gasteiger partial charge in [-0.1, -0.05) is 11.6 Å². The summed E-state index contributed by atoms with van der Waals surface area (Å²) in [5, 5.41) is 5.20. The maximum Gasteiger partial charge on any atom is 0.248 e. The number of likely N-dealkylation sites (N-methyl/N-ethyl adjacent to an activating group) is 1. The summed E-state index contributed by atoms with van der Waals surface area (Å²) in [4.78, 5) is 22.0. The van der Waals surface area contributed by atoms with Crippen LogP contribution in [0, 0.1) is 0 Å². The van der Waals surface area contributed by atoms with Crippen LogP contribution >= 0.6 is 22.9 Å². The van der Waals surface area contributed by atoms with Gasteiger partial charge in [-0.3, -0.25) is 9.20 Å². The number of hydrogen-bond acceptors (Lipinski definition) is 5. The largest absolute Gasteiger partial charge is 0.369 e. The van der Waals surface area contributed by atoms with Crippen LogP contribution in [0.5, 0.6) is 0 Å². The van der Waals surface area contributed by atoms with Crippen molar-refractivity contribution in [2.45, 2.75) is 0 Å². The Morgan fingerprint density at radius 1 is 1.22 bits per heavy atom. The van der Waals surface area contributed by atoms with E-state index in [0.29, 0.717) is 10.8 Å². The lowest BCUT2D eigenvalue weighted by molar-refractivity contribution is -0.111. The van der Waals surface area contributed by atoms with Gasteiger partial charge in [0.05, 0.1) is 5.69 Å². The number of benzene rings is 1. The predicted octanol–water partition coefficient (Wildman–Crippen LogP) is 3.45. The van der Waals surface area contributed by atoms with Gasteiger partial charge in [0.2, 0.25) is 5.91 Å². The lowest BCUT2D eigenvalue weighted by Gasteiger charge is -2.34. The third-order valence-corrected chi connectivity index (χ3v) is 5.68. The molecule has 8 heteroatoms. The molecule has 3 aromatic rings. The quantitative estimate of drug-likeness (QED) is 0.680. The van der Waals surface area contributed by atoms with Crippen LogP contribution in [0.1, 0.15) is 5.69 Å². The molecule has 2 aromatic heterocycles. The number of anilines is 2. The van der Waals surface area contributed by atoms with E-state index in [4.69, 9.17) is 11.6 Å². The van der Waals surface area contributed by atoms with Crippen molar-refractivity contribution in [1.29, 1.82) is 0 Å². The normalized spacial score (nSPS) is 15.7. The highest BCUT2D eigenvalue weighted by Crippen LogP contribution is 2.23. The number of nitrogens with zero attached hydrogens (tertiary/aromatic N) is 4. The van der Waals surface area contributed by atoms with Crippen LogP contribution in [0.15, 0.2) is 41.9 Å². The molecule has 4 rings (SSSR count). The number of thiazole rings is 1. The van der Waals surface area contributed by atoms with Gasteiger partial charge in [-0.15, -0.1) is 11.3 Å². The highest BCUT2D eigenvalue weighted by atomic mass is 35.5. The van der Waals surface area contributed by atoms with Gasteiger partial charge < -0.3 is 15.1 Å².